The van der Waals surface area contributed by atoms with Gasteiger partial charge in [0.15, 0.2) is 5.71 Å². The van der Waals surface area contributed by atoms with Crippen LogP contribution < -0.4 is 0 Å². The van der Waals surface area contributed by atoms with E-state index < -0.39 is 11.0 Å². The second-order valence-corrected chi connectivity index (χ2v) is 3.95. The first kappa shape index (κ1) is 12.8. The van der Waals surface area contributed by atoms with Gasteiger partial charge < -0.3 is 5.21 Å². The maximum atomic E-state index is 11.3. The average molecular weight is 256 g/mol. The monoisotopic (exact) mass is 256 g/mol. The Bertz CT molecular complexity index is 582. The summed E-state index contributed by atoms with van der Waals surface area (Å²) in [7, 11) is 0. The van der Waals surface area contributed by atoms with E-state index >= 15 is 0 Å². The van der Waals surface area contributed by atoms with Crippen molar-refractivity contribution in [1.29, 1.82) is 0 Å². The third kappa shape index (κ3) is 2.77. The highest BCUT2D eigenvalue weighted by Gasteiger charge is 2.31. The third-order valence-corrected chi connectivity index (χ3v) is 2.76. The van der Waals surface area contributed by atoms with Crippen molar-refractivity contribution < 1.29 is 10.1 Å². The van der Waals surface area contributed by atoms with E-state index in [0.717, 1.165) is 0 Å². The molecular weight excluding hydrogens is 244 g/mol. The van der Waals surface area contributed by atoms with Crippen molar-refractivity contribution in [1.82, 2.24) is 0 Å². The van der Waals surface area contributed by atoms with Crippen LogP contribution in [-0.2, 0) is 0 Å². The Labute approximate surface area is 110 Å². The normalized spacial score (nSPS) is 12.9. The van der Waals surface area contributed by atoms with E-state index in [1.165, 1.54) is 0 Å². The van der Waals surface area contributed by atoms with Crippen LogP contribution in [0.4, 0.5) is 0 Å². The van der Waals surface area contributed by atoms with Crippen LogP contribution in [0.3, 0.4) is 0 Å². The molecule has 1 N–H and O–H groups in total. The van der Waals surface area contributed by atoms with E-state index in [1.807, 2.05) is 0 Å². The Morgan fingerprint density at radius 1 is 1.05 bits per heavy atom. The van der Waals surface area contributed by atoms with Gasteiger partial charge in [0.2, 0.25) is 0 Å². The molecule has 2 aromatic carbocycles. The molecule has 0 heterocycles. The van der Waals surface area contributed by atoms with Crippen LogP contribution in [0.2, 0.25) is 0 Å². The van der Waals surface area contributed by atoms with Gasteiger partial charge in [-0.15, -0.1) is 0 Å². The Hall–Kier alpha value is -2.69. The lowest BCUT2D eigenvalue weighted by Crippen LogP contribution is -2.22. The van der Waals surface area contributed by atoms with Crippen molar-refractivity contribution in [3.63, 3.8) is 0 Å². The topological polar surface area (TPSA) is 75.7 Å². The van der Waals surface area contributed by atoms with Crippen LogP contribution in [0, 0.1) is 10.1 Å². The Kier molecular flexibility index (Phi) is 3.87. The second kappa shape index (κ2) is 5.77. The van der Waals surface area contributed by atoms with E-state index in [4.69, 9.17) is 5.21 Å². The minimum Gasteiger partial charge on any atom is -0.410 e. The van der Waals surface area contributed by atoms with Crippen molar-refractivity contribution in [3.05, 3.63) is 81.9 Å². The quantitative estimate of drug-likeness (QED) is 0.395. The highest BCUT2D eigenvalue weighted by atomic mass is 16.6. The molecule has 0 aromatic heterocycles. The SMILES string of the molecule is O=[N+]([O-])C(/C(=N\O)c1ccccc1)c1ccccc1. The minimum atomic E-state index is -1.19. The molecule has 5 heteroatoms. The zero-order valence-corrected chi connectivity index (χ0v) is 10.0. The molecule has 0 saturated carbocycles. The summed E-state index contributed by atoms with van der Waals surface area (Å²) in [5.74, 6) is 0. The van der Waals surface area contributed by atoms with Gasteiger partial charge in [-0.1, -0.05) is 65.8 Å². The highest BCUT2D eigenvalue weighted by Crippen LogP contribution is 2.22. The number of benzene rings is 2. The molecule has 1 unspecified atom stereocenters. The summed E-state index contributed by atoms with van der Waals surface area (Å²) >= 11 is 0. The van der Waals surface area contributed by atoms with Crippen molar-refractivity contribution in [3.8, 4) is 0 Å². The van der Waals surface area contributed by atoms with Gasteiger partial charge in [-0.25, -0.2) is 0 Å². The molecule has 0 amide bonds. The number of rotatable bonds is 4. The van der Waals surface area contributed by atoms with Gasteiger partial charge in [0.25, 0.3) is 6.04 Å². The number of hydrogen-bond acceptors (Lipinski definition) is 4. The fourth-order valence-electron chi connectivity index (χ4n) is 1.89. The van der Waals surface area contributed by atoms with Crippen molar-refractivity contribution >= 4 is 5.71 Å². The van der Waals surface area contributed by atoms with Crippen LogP contribution in [0.5, 0.6) is 0 Å². The smallest absolute Gasteiger partial charge is 0.283 e. The Balaban J connectivity index is 2.48. The number of hydrogen-bond donors (Lipinski definition) is 1. The second-order valence-electron chi connectivity index (χ2n) is 3.95. The number of nitrogens with zero attached hydrogens (tertiary/aromatic N) is 2. The molecule has 19 heavy (non-hydrogen) atoms. The van der Waals surface area contributed by atoms with Crippen LogP contribution in [0.25, 0.3) is 0 Å². The summed E-state index contributed by atoms with van der Waals surface area (Å²) in [5, 5.41) is 23.6. The maximum absolute atomic E-state index is 11.3. The molecule has 0 radical (unpaired) electrons. The fourth-order valence-corrected chi connectivity index (χ4v) is 1.89. The first-order chi connectivity index (χ1) is 9.24. The lowest BCUT2D eigenvalue weighted by molar-refractivity contribution is -0.508. The van der Waals surface area contributed by atoms with Crippen LogP contribution >= 0.6 is 0 Å². The molecule has 0 spiro atoms. The number of nitro groups is 1. The molecule has 0 aliphatic carbocycles. The van der Waals surface area contributed by atoms with Gasteiger partial charge in [-0.3, -0.25) is 10.1 Å². The molecule has 0 aliphatic rings. The predicted octanol–water partition coefficient (Wildman–Crippen LogP) is 2.88. The summed E-state index contributed by atoms with van der Waals surface area (Å²) in [6.45, 7) is 0. The van der Waals surface area contributed by atoms with Gasteiger partial charge in [0.1, 0.15) is 0 Å². The molecule has 0 fully saturated rings. The first-order valence-corrected chi connectivity index (χ1v) is 5.70. The summed E-state index contributed by atoms with van der Waals surface area (Å²) in [6.07, 6.45) is 0. The van der Waals surface area contributed by atoms with Gasteiger partial charge in [-0.2, -0.15) is 0 Å². The molecule has 0 saturated heterocycles. The lowest BCUT2D eigenvalue weighted by atomic mass is 9.97. The van der Waals surface area contributed by atoms with Gasteiger partial charge >= 0.3 is 0 Å². The van der Waals surface area contributed by atoms with Crippen LogP contribution in [-0.4, -0.2) is 15.8 Å². The van der Waals surface area contributed by atoms with Gasteiger partial charge in [0, 0.05) is 16.1 Å². The molecule has 2 aromatic rings. The van der Waals surface area contributed by atoms with Gasteiger partial charge in [0.05, 0.1) is 0 Å². The standard InChI is InChI=1S/C14H12N2O3/c17-15-13(11-7-3-1-4-8-11)14(16(18)19)12-9-5-2-6-10-12/h1-10,14,17H/b15-13-. The van der Waals surface area contributed by atoms with Crippen molar-refractivity contribution in [2.45, 2.75) is 6.04 Å². The number of oxime groups is 1. The molecular formula is C14H12N2O3. The first-order valence-electron chi connectivity index (χ1n) is 5.70. The lowest BCUT2D eigenvalue weighted by Gasteiger charge is -2.11. The van der Waals surface area contributed by atoms with Gasteiger partial charge in [-0.05, 0) is 0 Å². The van der Waals surface area contributed by atoms with Crippen LogP contribution in [0.1, 0.15) is 17.2 Å². The fraction of sp³-hybridized carbons (Fsp3) is 0.0714. The van der Waals surface area contributed by atoms with Crippen LogP contribution in [0.15, 0.2) is 65.8 Å². The Morgan fingerprint density at radius 3 is 2.05 bits per heavy atom. The van der Waals surface area contributed by atoms with E-state index in [0.29, 0.717) is 11.1 Å². The van der Waals surface area contributed by atoms with E-state index in [2.05, 4.69) is 5.16 Å². The molecule has 96 valence electrons. The average Bonchev–Trinajstić information content (AvgIpc) is 2.46. The summed E-state index contributed by atoms with van der Waals surface area (Å²) in [4.78, 5) is 10.8. The zero-order valence-electron chi connectivity index (χ0n) is 10.0. The predicted molar refractivity (Wildman–Crippen MR) is 70.9 cm³/mol. The molecule has 0 bridgehead atoms. The Morgan fingerprint density at radius 2 is 1.58 bits per heavy atom. The minimum absolute atomic E-state index is 0.0248. The third-order valence-electron chi connectivity index (χ3n) is 2.76. The molecule has 2 rings (SSSR count). The van der Waals surface area contributed by atoms with E-state index in [1.54, 1.807) is 60.7 Å². The van der Waals surface area contributed by atoms with Crippen molar-refractivity contribution in [2.75, 3.05) is 0 Å². The largest absolute Gasteiger partial charge is 0.410 e. The van der Waals surface area contributed by atoms with E-state index in [9.17, 15) is 10.1 Å². The maximum Gasteiger partial charge on any atom is 0.283 e. The summed E-state index contributed by atoms with van der Waals surface area (Å²) in [6, 6.07) is 15.9. The molecule has 5 nitrogen and oxygen atoms in total. The summed E-state index contributed by atoms with van der Waals surface area (Å²) < 4.78 is 0. The van der Waals surface area contributed by atoms with E-state index in [-0.39, 0.29) is 5.71 Å². The zero-order chi connectivity index (χ0) is 13.7. The highest BCUT2D eigenvalue weighted by molar-refractivity contribution is 6.03. The summed E-state index contributed by atoms with van der Waals surface area (Å²) in [5.41, 5.74) is 1.02. The molecule has 1 atom stereocenters. The molecule has 0 aliphatic heterocycles. The van der Waals surface area contributed by atoms with Crippen molar-refractivity contribution in [2.24, 2.45) is 5.16 Å².